The van der Waals surface area contributed by atoms with Gasteiger partial charge in [-0.25, -0.2) is 0 Å². The number of hydrogen-bond donors (Lipinski definition) is 0. The molecule has 0 saturated carbocycles. The maximum atomic E-state index is 11.2. The average molecular weight is 266 g/mol. The molecule has 0 radical (unpaired) electrons. The van der Waals surface area contributed by atoms with Crippen LogP contribution in [0.4, 0.5) is 0 Å². The van der Waals surface area contributed by atoms with Gasteiger partial charge in [0.15, 0.2) is 0 Å². The molecule has 0 aromatic rings. The highest BCUT2D eigenvalue weighted by Gasteiger charge is 2.28. The fourth-order valence-electron chi connectivity index (χ4n) is 3.40. The first-order valence-electron chi connectivity index (χ1n) is 8.06. The lowest BCUT2D eigenvalue weighted by Gasteiger charge is -2.37. The van der Waals surface area contributed by atoms with E-state index in [9.17, 15) is 4.79 Å². The summed E-state index contributed by atoms with van der Waals surface area (Å²) in [5, 5.41) is 0. The largest absolute Gasteiger partial charge is 0.303 e. The minimum absolute atomic E-state index is 0.137. The van der Waals surface area contributed by atoms with E-state index < -0.39 is 0 Å². The van der Waals surface area contributed by atoms with Gasteiger partial charge in [0.05, 0.1) is 0 Å². The zero-order valence-corrected chi connectivity index (χ0v) is 12.7. The number of rotatable bonds is 6. The first kappa shape index (κ1) is 15.0. The number of carbonyl (C=O) groups excluding carboxylic acids is 1. The molecule has 2 fully saturated rings. The zero-order chi connectivity index (χ0) is 13.7. The monoisotopic (exact) mass is 266 g/mol. The van der Waals surface area contributed by atoms with Crippen LogP contribution in [0, 0.1) is 11.3 Å². The summed E-state index contributed by atoms with van der Waals surface area (Å²) in [5.74, 6) is 0.887. The zero-order valence-electron chi connectivity index (χ0n) is 12.7. The van der Waals surface area contributed by atoms with Crippen LogP contribution in [0.25, 0.3) is 0 Å². The molecule has 0 aromatic carbocycles. The Hall–Kier alpha value is -0.410. The number of aldehydes is 1. The van der Waals surface area contributed by atoms with Crippen molar-refractivity contribution < 1.29 is 4.79 Å². The highest BCUT2D eigenvalue weighted by Crippen LogP contribution is 2.25. The third kappa shape index (κ3) is 4.28. The number of nitrogens with zero attached hydrogens (tertiary/aromatic N) is 2. The van der Waals surface area contributed by atoms with Gasteiger partial charge < -0.3 is 14.6 Å². The molecule has 19 heavy (non-hydrogen) atoms. The maximum Gasteiger partial charge on any atom is 0.127 e. The van der Waals surface area contributed by atoms with Crippen LogP contribution < -0.4 is 0 Å². The predicted molar refractivity (Wildman–Crippen MR) is 79.3 cm³/mol. The van der Waals surface area contributed by atoms with Gasteiger partial charge >= 0.3 is 0 Å². The fraction of sp³-hybridized carbons (Fsp3) is 0.938. The molecule has 2 saturated heterocycles. The Morgan fingerprint density at radius 2 is 1.74 bits per heavy atom. The summed E-state index contributed by atoms with van der Waals surface area (Å²) in [6.45, 7) is 11.5. The van der Waals surface area contributed by atoms with E-state index >= 15 is 0 Å². The quantitative estimate of drug-likeness (QED) is 0.690. The molecule has 1 unspecified atom stereocenters. The van der Waals surface area contributed by atoms with Gasteiger partial charge in [0.25, 0.3) is 0 Å². The van der Waals surface area contributed by atoms with Gasteiger partial charge in [-0.2, -0.15) is 0 Å². The molecule has 0 bridgehead atoms. The van der Waals surface area contributed by atoms with E-state index in [0.717, 1.165) is 25.2 Å². The third-order valence-electron chi connectivity index (χ3n) is 5.10. The summed E-state index contributed by atoms with van der Waals surface area (Å²) >= 11 is 0. The summed E-state index contributed by atoms with van der Waals surface area (Å²) < 4.78 is 0. The number of likely N-dealkylation sites (tertiary alicyclic amines) is 2. The molecule has 0 aliphatic carbocycles. The van der Waals surface area contributed by atoms with E-state index in [4.69, 9.17) is 0 Å². The molecule has 2 heterocycles. The Morgan fingerprint density at radius 1 is 1.11 bits per heavy atom. The van der Waals surface area contributed by atoms with Crippen molar-refractivity contribution in [2.45, 2.75) is 46.0 Å². The molecule has 2 rings (SSSR count). The Balaban J connectivity index is 1.71. The first-order chi connectivity index (χ1) is 9.15. The average Bonchev–Trinajstić information content (AvgIpc) is 2.94. The Bertz CT molecular complexity index is 280. The van der Waals surface area contributed by atoms with Crippen LogP contribution in [-0.2, 0) is 4.79 Å². The second kappa shape index (κ2) is 6.85. The van der Waals surface area contributed by atoms with Gasteiger partial charge in [0, 0.05) is 18.5 Å². The highest BCUT2D eigenvalue weighted by molar-refractivity contribution is 5.58. The summed E-state index contributed by atoms with van der Waals surface area (Å²) in [5.41, 5.74) is -0.137. The van der Waals surface area contributed by atoms with E-state index in [1.54, 1.807) is 0 Å². The van der Waals surface area contributed by atoms with Crippen molar-refractivity contribution in [3.05, 3.63) is 0 Å². The molecule has 2 aliphatic heterocycles. The number of hydrogen-bond acceptors (Lipinski definition) is 3. The lowest BCUT2D eigenvalue weighted by Crippen LogP contribution is -2.43. The molecule has 0 aromatic heterocycles. The smallest absolute Gasteiger partial charge is 0.127 e. The summed E-state index contributed by atoms with van der Waals surface area (Å²) in [6.07, 6.45) is 7.53. The lowest BCUT2D eigenvalue weighted by atomic mass is 9.87. The van der Waals surface area contributed by atoms with Crippen LogP contribution in [0.15, 0.2) is 0 Å². The SMILES string of the molecule is CCC(C)(C=O)CN1CCC(CN2CCCC2)CC1. The van der Waals surface area contributed by atoms with E-state index in [2.05, 4.69) is 23.6 Å². The Labute approximate surface area is 118 Å². The van der Waals surface area contributed by atoms with Crippen LogP contribution >= 0.6 is 0 Å². The van der Waals surface area contributed by atoms with Crippen molar-refractivity contribution in [2.75, 3.05) is 39.3 Å². The fourth-order valence-corrected chi connectivity index (χ4v) is 3.40. The van der Waals surface area contributed by atoms with E-state index in [0.29, 0.717) is 0 Å². The predicted octanol–water partition coefficient (Wildman–Crippen LogP) is 2.41. The van der Waals surface area contributed by atoms with E-state index in [-0.39, 0.29) is 5.41 Å². The normalized spacial score (nSPS) is 26.4. The van der Waals surface area contributed by atoms with Crippen molar-refractivity contribution in [3.63, 3.8) is 0 Å². The van der Waals surface area contributed by atoms with Crippen LogP contribution in [0.1, 0.15) is 46.0 Å². The second-order valence-corrected chi connectivity index (χ2v) is 6.85. The van der Waals surface area contributed by atoms with Crippen LogP contribution in [-0.4, -0.2) is 55.4 Å². The minimum atomic E-state index is -0.137. The molecular weight excluding hydrogens is 236 g/mol. The molecule has 0 N–H and O–H groups in total. The topological polar surface area (TPSA) is 23.6 Å². The van der Waals surface area contributed by atoms with Crippen molar-refractivity contribution in [3.8, 4) is 0 Å². The lowest BCUT2D eigenvalue weighted by molar-refractivity contribution is -0.116. The Morgan fingerprint density at radius 3 is 2.26 bits per heavy atom. The van der Waals surface area contributed by atoms with Gasteiger partial charge in [-0.1, -0.05) is 13.8 Å². The van der Waals surface area contributed by atoms with Crippen molar-refractivity contribution in [1.29, 1.82) is 0 Å². The summed E-state index contributed by atoms with van der Waals surface area (Å²) in [7, 11) is 0. The van der Waals surface area contributed by atoms with E-state index in [1.165, 1.54) is 58.4 Å². The molecule has 110 valence electrons. The minimum Gasteiger partial charge on any atom is -0.303 e. The highest BCUT2D eigenvalue weighted by atomic mass is 16.1. The number of carbonyl (C=O) groups is 1. The molecule has 3 heteroatoms. The standard InChI is InChI=1S/C16H30N2O/c1-3-16(2,14-19)13-18-10-6-15(7-11-18)12-17-8-4-5-9-17/h14-15H,3-13H2,1-2H3. The van der Waals surface area contributed by atoms with Gasteiger partial charge in [-0.05, 0) is 64.2 Å². The van der Waals surface area contributed by atoms with Crippen molar-refractivity contribution in [1.82, 2.24) is 9.80 Å². The first-order valence-corrected chi connectivity index (χ1v) is 8.06. The summed E-state index contributed by atoms with van der Waals surface area (Å²) in [6, 6.07) is 0. The second-order valence-electron chi connectivity index (χ2n) is 6.85. The molecular formula is C16H30N2O. The van der Waals surface area contributed by atoms with Gasteiger partial charge in [0.2, 0.25) is 0 Å². The molecule has 0 spiro atoms. The number of piperidine rings is 1. The summed E-state index contributed by atoms with van der Waals surface area (Å²) in [4.78, 5) is 16.3. The van der Waals surface area contributed by atoms with Crippen molar-refractivity contribution in [2.24, 2.45) is 11.3 Å². The van der Waals surface area contributed by atoms with Crippen LogP contribution in [0.3, 0.4) is 0 Å². The maximum absolute atomic E-state index is 11.2. The van der Waals surface area contributed by atoms with Crippen molar-refractivity contribution >= 4 is 6.29 Å². The van der Waals surface area contributed by atoms with Crippen LogP contribution in [0.5, 0.6) is 0 Å². The Kier molecular flexibility index (Phi) is 5.40. The third-order valence-corrected chi connectivity index (χ3v) is 5.10. The molecule has 2 aliphatic rings. The molecule has 0 amide bonds. The van der Waals surface area contributed by atoms with E-state index in [1.807, 2.05) is 0 Å². The molecule has 1 atom stereocenters. The van der Waals surface area contributed by atoms with Gasteiger partial charge in [0.1, 0.15) is 6.29 Å². The van der Waals surface area contributed by atoms with Crippen LogP contribution in [0.2, 0.25) is 0 Å². The van der Waals surface area contributed by atoms with Gasteiger partial charge in [-0.3, -0.25) is 0 Å². The van der Waals surface area contributed by atoms with Gasteiger partial charge in [-0.15, -0.1) is 0 Å². The molecule has 3 nitrogen and oxygen atoms in total.